The molecule has 228 valence electrons. The summed E-state index contributed by atoms with van der Waals surface area (Å²) in [6.07, 6.45) is 5.11. The lowest BCUT2D eigenvalue weighted by atomic mass is 10.0. The van der Waals surface area contributed by atoms with Gasteiger partial charge in [-0.1, -0.05) is 0 Å². The highest BCUT2D eigenvalue weighted by Crippen LogP contribution is 2.28. The van der Waals surface area contributed by atoms with Crippen LogP contribution in [0, 0.1) is 23.0 Å². The van der Waals surface area contributed by atoms with Crippen molar-refractivity contribution in [1.82, 2.24) is 24.4 Å². The normalized spacial score (nSPS) is 20.2. The number of fused-ring (bicyclic) bond motifs is 1. The Morgan fingerprint density at radius 2 is 2.05 bits per heavy atom. The molecule has 0 radical (unpaired) electrons. The van der Waals surface area contributed by atoms with Gasteiger partial charge in [0.15, 0.2) is 11.6 Å². The Balaban J connectivity index is 1.10. The molecule has 3 atom stereocenters. The summed E-state index contributed by atoms with van der Waals surface area (Å²) in [5.41, 5.74) is 1.13. The molecule has 2 aliphatic rings. The average Bonchev–Trinajstić information content (AvgIpc) is 3.33. The molecular formula is C31H30F2N6O5. The van der Waals surface area contributed by atoms with E-state index in [0.29, 0.717) is 49.0 Å². The molecule has 13 heteroatoms. The number of likely N-dealkylation sites (tertiary alicyclic amines) is 1. The largest absolute Gasteiger partial charge is 0.490 e. The van der Waals surface area contributed by atoms with Gasteiger partial charge in [-0.2, -0.15) is 5.26 Å². The zero-order valence-corrected chi connectivity index (χ0v) is 23.9. The lowest BCUT2D eigenvalue weighted by Gasteiger charge is -2.37. The van der Waals surface area contributed by atoms with Gasteiger partial charge in [-0.25, -0.2) is 23.5 Å². The second kappa shape index (κ2) is 12.5. The van der Waals surface area contributed by atoms with Crippen LogP contribution in [0.15, 0.2) is 42.7 Å². The highest BCUT2D eigenvalue weighted by atomic mass is 19.1. The molecule has 1 aromatic carbocycles. The predicted octanol–water partition coefficient (Wildman–Crippen LogP) is 4.47. The second-order valence-corrected chi connectivity index (χ2v) is 11.0. The molecule has 4 aromatic rings. The number of hydrogen-bond donors (Lipinski definition) is 1. The van der Waals surface area contributed by atoms with Gasteiger partial charge in [0.25, 0.3) is 5.88 Å². The van der Waals surface area contributed by atoms with Gasteiger partial charge >= 0.3 is 5.97 Å². The zero-order valence-electron chi connectivity index (χ0n) is 23.9. The Bertz CT molecular complexity index is 1740. The van der Waals surface area contributed by atoms with Crippen LogP contribution >= 0.6 is 0 Å². The van der Waals surface area contributed by atoms with E-state index in [-0.39, 0.29) is 47.4 Å². The topological polar surface area (TPSA) is 136 Å². The Labute approximate surface area is 251 Å². The van der Waals surface area contributed by atoms with Crippen LogP contribution in [0.5, 0.6) is 11.6 Å². The number of nitrogens with zero attached hydrogens (tertiary/aromatic N) is 6. The third kappa shape index (κ3) is 6.31. The number of aromatic carboxylic acids is 1. The minimum atomic E-state index is -1.19. The summed E-state index contributed by atoms with van der Waals surface area (Å²) in [6.45, 7) is 4.40. The van der Waals surface area contributed by atoms with Crippen molar-refractivity contribution in [3.63, 3.8) is 0 Å². The molecule has 1 N–H and O–H groups in total. The number of aromatic nitrogens is 4. The molecule has 0 aliphatic carbocycles. The minimum absolute atomic E-state index is 0.0192. The smallest absolute Gasteiger partial charge is 0.335 e. The molecule has 44 heavy (non-hydrogen) atoms. The monoisotopic (exact) mass is 604 g/mol. The maximum Gasteiger partial charge on any atom is 0.335 e. The van der Waals surface area contributed by atoms with Crippen molar-refractivity contribution >= 4 is 17.0 Å². The highest BCUT2D eigenvalue weighted by molar-refractivity contribution is 5.92. The van der Waals surface area contributed by atoms with E-state index in [0.717, 1.165) is 31.4 Å². The zero-order chi connectivity index (χ0) is 30.8. The van der Waals surface area contributed by atoms with E-state index < -0.39 is 17.6 Å². The lowest BCUT2D eigenvalue weighted by molar-refractivity contribution is -0.0593. The second-order valence-electron chi connectivity index (χ2n) is 11.0. The van der Waals surface area contributed by atoms with E-state index in [1.165, 1.54) is 12.3 Å². The van der Waals surface area contributed by atoms with E-state index in [1.807, 2.05) is 10.6 Å². The van der Waals surface area contributed by atoms with Crippen molar-refractivity contribution in [2.45, 2.75) is 64.1 Å². The molecule has 0 saturated carbocycles. The van der Waals surface area contributed by atoms with Gasteiger partial charge in [0, 0.05) is 37.7 Å². The van der Waals surface area contributed by atoms with Crippen molar-refractivity contribution in [2.75, 3.05) is 13.2 Å². The van der Waals surface area contributed by atoms with E-state index >= 15 is 0 Å². The number of piperidine rings is 1. The number of carboxylic acid groups (broad SMARTS) is 1. The van der Waals surface area contributed by atoms with Crippen LogP contribution in [0.2, 0.25) is 0 Å². The summed E-state index contributed by atoms with van der Waals surface area (Å²) in [5.74, 6) is -1.51. The summed E-state index contributed by atoms with van der Waals surface area (Å²) < 4.78 is 48.3. The van der Waals surface area contributed by atoms with Crippen LogP contribution in [0.25, 0.3) is 11.0 Å². The van der Waals surface area contributed by atoms with E-state index in [9.17, 15) is 18.7 Å². The number of halogens is 2. The van der Waals surface area contributed by atoms with Crippen molar-refractivity contribution in [2.24, 2.45) is 0 Å². The van der Waals surface area contributed by atoms with Gasteiger partial charge in [-0.3, -0.25) is 9.88 Å². The van der Waals surface area contributed by atoms with Crippen LogP contribution in [-0.4, -0.2) is 66.9 Å². The van der Waals surface area contributed by atoms with E-state index in [4.69, 9.17) is 19.5 Å². The van der Waals surface area contributed by atoms with E-state index in [2.05, 4.69) is 26.8 Å². The number of benzene rings is 1. The SMILES string of the molecule is C[C@H]1C[C@@H](Oc2ccnc(COc3ncc(C#N)cc3F)c2)CCN1Cc1nc2c(F)cc(C(=O)O)cc2n1C[C@@H]1CCO1. The Hall–Kier alpha value is -4.67. The van der Waals surface area contributed by atoms with Gasteiger partial charge in [0.1, 0.15) is 35.9 Å². The molecule has 0 unspecified atom stereocenters. The number of hydrogen-bond acceptors (Lipinski definition) is 9. The summed E-state index contributed by atoms with van der Waals surface area (Å²) >= 11 is 0. The van der Waals surface area contributed by atoms with Gasteiger partial charge in [0.2, 0.25) is 0 Å². The third-order valence-electron chi connectivity index (χ3n) is 8.01. The van der Waals surface area contributed by atoms with Gasteiger partial charge in [0.05, 0.1) is 41.5 Å². The number of imidazole rings is 1. The maximum absolute atomic E-state index is 14.9. The molecule has 0 amide bonds. The van der Waals surface area contributed by atoms with Crippen LogP contribution in [-0.2, 0) is 24.4 Å². The van der Waals surface area contributed by atoms with Crippen LogP contribution < -0.4 is 9.47 Å². The first-order valence-corrected chi connectivity index (χ1v) is 14.3. The number of nitriles is 1. The number of pyridine rings is 2. The molecule has 0 bridgehead atoms. The fourth-order valence-electron chi connectivity index (χ4n) is 5.55. The molecule has 6 rings (SSSR count). The van der Waals surface area contributed by atoms with Crippen molar-refractivity contribution in [1.29, 1.82) is 5.26 Å². The first-order chi connectivity index (χ1) is 21.3. The summed E-state index contributed by atoms with van der Waals surface area (Å²) in [7, 11) is 0. The van der Waals surface area contributed by atoms with Crippen molar-refractivity contribution in [3.8, 4) is 17.7 Å². The van der Waals surface area contributed by atoms with Crippen molar-refractivity contribution < 1.29 is 32.9 Å². The lowest BCUT2D eigenvalue weighted by Crippen LogP contribution is -2.44. The number of carboxylic acids is 1. The summed E-state index contributed by atoms with van der Waals surface area (Å²) in [5, 5.41) is 18.3. The van der Waals surface area contributed by atoms with Gasteiger partial charge in [-0.05, 0) is 50.5 Å². The summed E-state index contributed by atoms with van der Waals surface area (Å²) in [6, 6.07) is 9.00. The fourth-order valence-corrected chi connectivity index (χ4v) is 5.55. The number of rotatable bonds is 10. The molecule has 11 nitrogen and oxygen atoms in total. The minimum Gasteiger partial charge on any atom is -0.490 e. The molecule has 0 spiro atoms. The van der Waals surface area contributed by atoms with Crippen LogP contribution in [0.3, 0.4) is 0 Å². The number of carbonyl (C=O) groups is 1. The first-order valence-electron chi connectivity index (χ1n) is 14.3. The Morgan fingerprint density at radius 1 is 1.20 bits per heavy atom. The van der Waals surface area contributed by atoms with E-state index in [1.54, 1.807) is 18.3 Å². The fraction of sp³-hybridized carbons (Fsp3) is 0.387. The molecule has 2 saturated heterocycles. The average molecular weight is 605 g/mol. The van der Waals surface area contributed by atoms with Crippen LogP contribution in [0.4, 0.5) is 8.78 Å². The molecule has 2 aliphatic heterocycles. The molecular weight excluding hydrogens is 574 g/mol. The first kappa shape index (κ1) is 29.4. The standard InChI is InChI=1S/C31H30F2N6O5/c1-18-8-23(44-22-2-5-35-21(12-22)17-43-30-26(33)9-19(13-34)14-36-30)3-6-38(18)16-28-37-29-25(32)10-20(31(40)41)11-27(29)39(28)15-24-4-7-42-24/h2,5,9-12,14,18,23-24H,3-4,6-8,15-17H2,1H3,(H,40,41)/t18-,23-,24-/m0/s1. The number of ether oxygens (including phenoxy) is 3. The quantitative estimate of drug-likeness (QED) is 0.276. The molecule has 3 aromatic heterocycles. The predicted molar refractivity (Wildman–Crippen MR) is 152 cm³/mol. The van der Waals surface area contributed by atoms with Gasteiger partial charge < -0.3 is 23.9 Å². The highest BCUT2D eigenvalue weighted by Gasteiger charge is 2.30. The molecule has 2 fully saturated rings. The molecule has 5 heterocycles. The van der Waals surface area contributed by atoms with Crippen LogP contribution in [0.1, 0.15) is 53.6 Å². The Kier molecular flexibility index (Phi) is 8.36. The third-order valence-corrected chi connectivity index (χ3v) is 8.01. The summed E-state index contributed by atoms with van der Waals surface area (Å²) in [4.78, 5) is 26.6. The maximum atomic E-state index is 14.9. The van der Waals surface area contributed by atoms with Gasteiger partial charge in [-0.15, -0.1) is 0 Å². The Morgan fingerprint density at radius 3 is 2.75 bits per heavy atom. The van der Waals surface area contributed by atoms with Crippen molar-refractivity contribution in [3.05, 3.63) is 77.0 Å².